The number of hydrogen-bond acceptors (Lipinski definition) is 4. The summed E-state index contributed by atoms with van der Waals surface area (Å²) >= 11 is 0. The summed E-state index contributed by atoms with van der Waals surface area (Å²) < 4.78 is 0. The molecule has 1 aliphatic rings. The van der Waals surface area contributed by atoms with Crippen molar-refractivity contribution in [2.45, 2.75) is 52.4 Å². The number of carboxylic acids is 4. The summed E-state index contributed by atoms with van der Waals surface area (Å²) in [5.41, 5.74) is 0. The SMILES string of the molecule is CC1CCC(CCC(C(=O)O)C(=O)O)C(CCC(C(=O)O)C(=O)O)C1C. The van der Waals surface area contributed by atoms with Crippen LogP contribution in [0.5, 0.6) is 0 Å². The molecule has 0 radical (unpaired) electrons. The number of carbonyl (C=O) groups is 4. The fraction of sp³-hybridized carbons (Fsp3) is 0.778. The summed E-state index contributed by atoms with van der Waals surface area (Å²) in [6.45, 7) is 4.14. The Morgan fingerprint density at radius 2 is 1.19 bits per heavy atom. The maximum atomic E-state index is 11.1. The molecule has 148 valence electrons. The average Bonchev–Trinajstić information content (AvgIpc) is 2.51. The van der Waals surface area contributed by atoms with E-state index in [0.717, 1.165) is 12.8 Å². The van der Waals surface area contributed by atoms with Crippen molar-refractivity contribution in [1.29, 1.82) is 0 Å². The molecular weight excluding hydrogens is 344 g/mol. The molecule has 26 heavy (non-hydrogen) atoms. The van der Waals surface area contributed by atoms with Gasteiger partial charge in [-0.3, -0.25) is 19.2 Å². The van der Waals surface area contributed by atoms with Gasteiger partial charge in [0.05, 0.1) is 0 Å². The Balaban J connectivity index is 2.81. The maximum Gasteiger partial charge on any atom is 0.317 e. The first-order chi connectivity index (χ1) is 12.1. The van der Waals surface area contributed by atoms with Crippen LogP contribution < -0.4 is 0 Å². The quantitative estimate of drug-likeness (QED) is 0.427. The maximum absolute atomic E-state index is 11.1. The fourth-order valence-corrected chi connectivity index (χ4v) is 4.11. The molecule has 8 heteroatoms. The first-order valence-electron chi connectivity index (χ1n) is 8.97. The van der Waals surface area contributed by atoms with E-state index >= 15 is 0 Å². The van der Waals surface area contributed by atoms with Gasteiger partial charge in [0.2, 0.25) is 0 Å². The van der Waals surface area contributed by atoms with E-state index in [1.807, 2.05) is 6.92 Å². The Morgan fingerprint density at radius 3 is 1.62 bits per heavy atom. The van der Waals surface area contributed by atoms with Crippen molar-refractivity contribution in [3.8, 4) is 0 Å². The molecule has 0 aromatic rings. The van der Waals surface area contributed by atoms with Crippen LogP contribution in [-0.4, -0.2) is 44.3 Å². The molecule has 8 nitrogen and oxygen atoms in total. The van der Waals surface area contributed by atoms with E-state index < -0.39 is 35.7 Å². The lowest BCUT2D eigenvalue weighted by Crippen LogP contribution is -2.34. The molecule has 4 atom stereocenters. The van der Waals surface area contributed by atoms with Crippen LogP contribution in [0.2, 0.25) is 0 Å². The molecular formula is C18H28O8. The molecule has 0 bridgehead atoms. The number of rotatable bonds is 10. The van der Waals surface area contributed by atoms with Gasteiger partial charge in [0, 0.05) is 0 Å². The lowest BCUT2D eigenvalue weighted by Gasteiger charge is -2.41. The Hall–Kier alpha value is -2.12. The Morgan fingerprint density at radius 1 is 0.769 bits per heavy atom. The highest BCUT2D eigenvalue weighted by molar-refractivity contribution is 5.93. The number of carboxylic acid groups (broad SMARTS) is 4. The minimum atomic E-state index is -1.45. The van der Waals surface area contributed by atoms with Crippen molar-refractivity contribution in [2.75, 3.05) is 0 Å². The smallest absolute Gasteiger partial charge is 0.317 e. The van der Waals surface area contributed by atoms with E-state index in [2.05, 4.69) is 6.92 Å². The van der Waals surface area contributed by atoms with Crippen molar-refractivity contribution >= 4 is 23.9 Å². The minimum absolute atomic E-state index is 0.0180. The van der Waals surface area contributed by atoms with Crippen molar-refractivity contribution in [1.82, 2.24) is 0 Å². The molecule has 1 fully saturated rings. The number of aliphatic carboxylic acids is 4. The summed E-state index contributed by atoms with van der Waals surface area (Å²) in [4.78, 5) is 44.3. The molecule has 1 rings (SSSR count). The van der Waals surface area contributed by atoms with Crippen molar-refractivity contribution < 1.29 is 39.6 Å². The van der Waals surface area contributed by atoms with Crippen molar-refractivity contribution in [3.63, 3.8) is 0 Å². The van der Waals surface area contributed by atoms with Gasteiger partial charge in [-0.05, 0) is 55.8 Å². The molecule has 0 aromatic carbocycles. The fourth-order valence-electron chi connectivity index (χ4n) is 4.11. The highest BCUT2D eigenvalue weighted by Gasteiger charge is 2.37. The normalized spacial score (nSPS) is 26.0. The highest BCUT2D eigenvalue weighted by Crippen LogP contribution is 2.43. The van der Waals surface area contributed by atoms with Crippen LogP contribution in [0.3, 0.4) is 0 Å². The second-order valence-corrected chi connectivity index (χ2v) is 7.45. The van der Waals surface area contributed by atoms with Crippen LogP contribution in [0.4, 0.5) is 0 Å². The molecule has 0 aliphatic heterocycles. The molecule has 4 unspecified atom stereocenters. The van der Waals surface area contributed by atoms with Crippen LogP contribution in [-0.2, 0) is 19.2 Å². The molecule has 1 saturated carbocycles. The second kappa shape index (κ2) is 9.54. The Kier molecular flexibility index (Phi) is 8.05. The van der Waals surface area contributed by atoms with Gasteiger partial charge in [-0.2, -0.15) is 0 Å². The zero-order chi connectivity index (χ0) is 20.0. The van der Waals surface area contributed by atoms with E-state index in [-0.39, 0.29) is 30.6 Å². The third-order valence-corrected chi connectivity index (χ3v) is 5.98. The third kappa shape index (κ3) is 5.71. The van der Waals surface area contributed by atoms with Crippen LogP contribution >= 0.6 is 0 Å². The van der Waals surface area contributed by atoms with Gasteiger partial charge in [-0.1, -0.05) is 20.3 Å². The van der Waals surface area contributed by atoms with Gasteiger partial charge in [0.1, 0.15) is 0 Å². The zero-order valence-electron chi connectivity index (χ0n) is 15.1. The summed E-state index contributed by atoms with van der Waals surface area (Å²) in [6, 6.07) is 0. The van der Waals surface area contributed by atoms with Gasteiger partial charge < -0.3 is 20.4 Å². The van der Waals surface area contributed by atoms with E-state index in [4.69, 9.17) is 20.4 Å². The van der Waals surface area contributed by atoms with E-state index in [9.17, 15) is 19.2 Å². The third-order valence-electron chi connectivity index (χ3n) is 5.98. The molecule has 0 heterocycles. The van der Waals surface area contributed by atoms with Crippen LogP contribution in [0, 0.1) is 35.5 Å². The van der Waals surface area contributed by atoms with E-state index in [1.54, 1.807) is 0 Å². The minimum Gasteiger partial charge on any atom is -0.481 e. The lowest BCUT2D eigenvalue weighted by molar-refractivity contribution is -0.157. The first kappa shape index (κ1) is 21.9. The Bertz CT molecular complexity index is 515. The van der Waals surface area contributed by atoms with Gasteiger partial charge >= 0.3 is 23.9 Å². The van der Waals surface area contributed by atoms with Crippen molar-refractivity contribution in [2.24, 2.45) is 35.5 Å². The predicted molar refractivity (Wildman–Crippen MR) is 90.5 cm³/mol. The van der Waals surface area contributed by atoms with E-state index in [0.29, 0.717) is 18.8 Å². The summed E-state index contributed by atoms with van der Waals surface area (Å²) in [5.74, 6) is -7.56. The molecule has 0 amide bonds. The predicted octanol–water partition coefficient (Wildman–Crippen LogP) is 2.42. The summed E-state index contributed by atoms with van der Waals surface area (Å²) in [5, 5.41) is 36.1. The summed E-state index contributed by atoms with van der Waals surface area (Å²) in [6.07, 6.45) is 2.64. The molecule has 4 N–H and O–H groups in total. The summed E-state index contributed by atoms with van der Waals surface area (Å²) in [7, 11) is 0. The van der Waals surface area contributed by atoms with Crippen LogP contribution in [0.1, 0.15) is 52.4 Å². The van der Waals surface area contributed by atoms with Gasteiger partial charge in [-0.15, -0.1) is 0 Å². The zero-order valence-corrected chi connectivity index (χ0v) is 15.1. The van der Waals surface area contributed by atoms with E-state index in [1.165, 1.54) is 0 Å². The van der Waals surface area contributed by atoms with Crippen molar-refractivity contribution in [3.05, 3.63) is 0 Å². The first-order valence-corrected chi connectivity index (χ1v) is 8.97. The van der Waals surface area contributed by atoms with Gasteiger partial charge in [0.25, 0.3) is 0 Å². The number of hydrogen-bond donors (Lipinski definition) is 4. The monoisotopic (exact) mass is 372 g/mol. The van der Waals surface area contributed by atoms with Crippen LogP contribution in [0.25, 0.3) is 0 Å². The molecule has 1 aliphatic carbocycles. The highest BCUT2D eigenvalue weighted by atomic mass is 16.4. The average molecular weight is 372 g/mol. The molecule has 0 spiro atoms. The Labute approximate surface area is 152 Å². The molecule has 0 saturated heterocycles. The van der Waals surface area contributed by atoms with Gasteiger partial charge in [-0.25, -0.2) is 0 Å². The topological polar surface area (TPSA) is 149 Å². The van der Waals surface area contributed by atoms with Crippen LogP contribution in [0.15, 0.2) is 0 Å². The van der Waals surface area contributed by atoms with Gasteiger partial charge in [0.15, 0.2) is 11.8 Å². The lowest BCUT2D eigenvalue weighted by atomic mass is 9.64. The standard InChI is InChI=1S/C18H28O8/c1-9-3-4-11(5-6-13(15(19)20)16(21)22)12(10(9)2)7-8-14(17(23)24)18(25)26/h9-14H,3-8H2,1-2H3,(H,19,20)(H,21,22)(H,23,24)(H,25,26). The second-order valence-electron chi connectivity index (χ2n) is 7.45. The largest absolute Gasteiger partial charge is 0.481 e. The molecule has 0 aromatic heterocycles.